The summed E-state index contributed by atoms with van der Waals surface area (Å²) in [4.78, 5) is 4.39. The van der Waals surface area contributed by atoms with Gasteiger partial charge in [-0.2, -0.15) is 0 Å². The number of aromatic nitrogens is 1. The van der Waals surface area contributed by atoms with Crippen LogP contribution in [0.5, 0.6) is 0 Å². The number of halogens is 1. The Hall–Kier alpha value is -1.34. The van der Waals surface area contributed by atoms with E-state index in [2.05, 4.69) is 48.3 Å². The zero-order valence-electron chi connectivity index (χ0n) is 10.4. The van der Waals surface area contributed by atoms with Crippen LogP contribution in [0.15, 0.2) is 54.7 Å². The van der Waals surface area contributed by atoms with Crippen molar-refractivity contribution in [3.63, 3.8) is 0 Å². The molecule has 3 heteroatoms. The Morgan fingerprint density at radius 1 is 1.00 bits per heavy atom. The molecule has 0 N–H and O–H groups in total. The maximum atomic E-state index is 6.02. The molecule has 0 atom stereocenters. The van der Waals surface area contributed by atoms with Crippen molar-refractivity contribution in [2.45, 2.75) is 6.92 Å². The summed E-state index contributed by atoms with van der Waals surface area (Å²) in [5, 5.41) is 1.94. The van der Waals surface area contributed by atoms with Gasteiger partial charge in [0.25, 0.3) is 0 Å². The van der Waals surface area contributed by atoms with Gasteiger partial charge in [0, 0.05) is 0 Å². The first-order valence-corrected chi connectivity index (χ1v) is 8.11. The van der Waals surface area contributed by atoms with Crippen molar-refractivity contribution in [2.75, 3.05) is 0 Å². The fraction of sp³-hybridized carbons (Fsp3) is 0.0625. The zero-order chi connectivity index (χ0) is 13.2. The standard InChI is InChI=1S/C16H12ClNSe/c1-11-4-2-3-5-15(11)19-16-8-9-18-14-10-12(17)6-7-13(14)16/h2-10H,1H3. The van der Waals surface area contributed by atoms with Crippen LogP contribution in [0, 0.1) is 6.92 Å². The van der Waals surface area contributed by atoms with Crippen LogP contribution in [0.3, 0.4) is 0 Å². The second-order valence-electron chi connectivity index (χ2n) is 4.34. The van der Waals surface area contributed by atoms with Gasteiger partial charge in [0.1, 0.15) is 0 Å². The molecule has 0 saturated heterocycles. The Kier molecular flexibility index (Phi) is 3.56. The van der Waals surface area contributed by atoms with E-state index in [0.717, 1.165) is 10.5 Å². The van der Waals surface area contributed by atoms with Gasteiger partial charge in [-0.3, -0.25) is 0 Å². The van der Waals surface area contributed by atoms with E-state index >= 15 is 0 Å². The van der Waals surface area contributed by atoms with Crippen LogP contribution in [-0.2, 0) is 0 Å². The quantitative estimate of drug-likeness (QED) is 0.658. The molecule has 94 valence electrons. The van der Waals surface area contributed by atoms with Crippen LogP contribution in [0.25, 0.3) is 10.9 Å². The van der Waals surface area contributed by atoms with Crippen molar-refractivity contribution in [3.05, 3.63) is 65.3 Å². The first-order valence-electron chi connectivity index (χ1n) is 6.02. The third-order valence-corrected chi connectivity index (χ3v) is 5.84. The number of benzene rings is 2. The molecule has 1 nitrogen and oxygen atoms in total. The molecule has 0 fully saturated rings. The van der Waals surface area contributed by atoms with Gasteiger partial charge >= 0.3 is 124 Å². The molecule has 19 heavy (non-hydrogen) atoms. The Balaban J connectivity index is 2.09. The van der Waals surface area contributed by atoms with Crippen molar-refractivity contribution < 1.29 is 0 Å². The first kappa shape index (κ1) is 12.7. The molecule has 1 aromatic heterocycles. The van der Waals surface area contributed by atoms with E-state index in [1.807, 2.05) is 18.3 Å². The minimum atomic E-state index is 0.292. The maximum absolute atomic E-state index is 6.02. The molecule has 0 bridgehead atoms. The van der Waals surface area contributed by atoms with Crippen LogP contribution < -0.4 is 8.92 Å². The van der Waals surface area contributed by atoms with E-state index in [4.69, 9.17) is 11.6 Å². The molecule has 1 heterocycles. The Morgan fingerprint density at radius 2 is 1.84 bits per heavy atom. The van der Waals surface area contributed by atoms with E-state index < -0.39 is 0 Å². The molecule has 0 radical (unpaired) electrons. The minimum absolute atomic E-state index is 0.292. The number of pyridine rings is 1. The molecule has 0 aliphatic heterocycles. The van der Waals surface area contributed by atoms with Crippen molar-refractivity contribution in [2.24, 2.45) is 0 Å². The average molecular weight is 333 g/mol. The summed E-state index contributed by atoms with van der Waals surface area (Å²) in [6.45, 7) is 2.16. The van der Waals surface area contributed by atoms with E-state index in [0.29, 0.717) is 15.0 Å². The molecule has 0 aliphatic carbocycles. The van der Waals surface area contributed by atoms with Gasteiger partial charge in [0.05, 0.1) is 0 Å². The van der Waals surface area contributed by atoms with Gasteiger partial charge in [-0.15, -0.1) is 0 Å². The van der Waals surface area contributed by atoms with E-state index in [-0.39, 0.29) is 0 Å². The van der Waals surface area contributed by atoms with Crippen molar-refractivity contribution in [1.29, 1.82) is 0 Å². The van der Waals surface area contributed by atoms with Gasteiger partial charge in [-0.1, -0.05) is 0 Å². The van der Waals surface area contributed by atoms with Gasteiger partial charge < -0.3 is 0 Å². The van der Waals surface area contributed by atoms with Gasteiger partial charge in [0.15, 0.2) is 0 Å². The third-order valence-electron chi connectivity index (χ3n) is 2.98. The summed E-state index contributed by atoms with van der Waals surface area (Å²) in [7, 11) is 0. The SMILES string of the molecule is Cc1ccccc1[Se]c1ccnc2cc(Cl)ccc12. The fourth-order valence-electron chi connectivity index (χ4n) is 1.97. The topological polar surface area (TPSA) is 12.9 Å². The second kappa shape index (κ2) is 5.34. The van der Waals surface area contributed by atoms with Gasteiger partial charge in [-0.05, 0) is 0 Å². The summed E-state index contributed by atoms with van der Waals surface area (Å²) in [5.74, 6) is 0. The van der Waals surface area contributed by atoms with Gasteiger partial charge in [0.2, 0.25) is 0 Å². The molecule has 2 aromatic carbocycles. The number of fused-ring (bicyclic) bond motifs is 1. The molecule has 3 aromatic rings. The normalized spacial score (nSPS) is 10.8. The number of aryl methyl sites for hydroxylation is 1. The molecular weight excluding hydrogens is 321 g/mol. The number of hydrogen-bond donors (Lipinski definition) is 0. The van der Waals surface area contributed by atoms with Crippen LogP contribution in [0.2, 0.25) is 5.02 Å². The third kappa shape index (κ3) is 2.66. The number of nitrogens with zero attached hydrogens (tertiary/aromatic N) is 1. The molecule has 0 amide bonds. The van der Waals surface area contributed by atoms with Crippen LogP contribution >= 0.6 is 11.6 Å². The van der Waals surface area contributed by atoms with Crippen molar-refractivity contribution in [3.8, 4) is 0 Å². The van der Waals surface area contributed by atoms with E-state index in [1.165, 1.54) is 19.9 Å². The number of hydrogen-bond acceptors (Lipinski definition) is 1. The van der Waals surface area contributed by atoms with Gasteiger partial charge in [-0.25, -0.2) is 0 Å². The fourth-order valence-corrected chi connectivity index (χ4v) is 4.29. The summed E-state index contributed by atoms with van der Waals surface area (Å²) < 4.78 is 2.76. The summed E-state index contributed by atoms with van der Waals surface area (Å²) in [6.07, 6.45) is 1.87. The van der Waals surface area contributed by atoms with Crippen LogP contribution in [-0.4, -0.2) is 19.9 Å². The van der Waals surface area contributed by atoms with Crippen LogP contribution in [0.1, 0.15) is 5.56 Å². The zero-order valence-corrected chi connectivity index (χ0v) is 12.9. The second-order valence-corrected chi connectivity index (χ2v) is 7.05. The first-order chi connectivity index (χ1) is 9.24. The molecule has 0 unspecified atom stereocenters. The predicted molar refractivity (Wildman–Crippen MR) is 83.0 cm³/mol. The molecule has 3 rings (SSSR count). The number of rotatable bonds is 2. The van der Waals surface area contributed by atoms with E-state index in [9.17, 15) is 0 Å². The van der Waals surface area contributed by atoms with Crippen LogP contribution in [0.4, 0.5) is 0 Å². The van der Waals surface area contributed by atoms with Crippen molar-refractivity contribution >= 4 is 46.4 Å². The summed E-state index contributed by atoms with van der Waals surface area (Å²) in [5.41, 5.74) is 2.32. The molecule has 0 saturated carbocycles. The molecule has 0 spiro atoms. The summed E-state index contributed by atoms with van der Waals surface area (Å²) >= 11 is 6.31. The monoisotopic (exact) mass is 333 g/mol. The van der Waals surface area contributed by atoms with Crippen molar-refractivity contribution in [1.82, 2.24) is 4.98 Å². The average Bonchev–Trinajstić information content (AvgIpc) is 2.41. The Labute approximate surface area is 123 Å². The molecular formula is C16H12ClNSe. The Bertz CT molecular complexity index is 740. The Morgan fingerprint density at radius 3 is 2.68 bits per heavy atom. The summed E-state index contributed by atoms with van der Waals surface area (Å²) in [6, 6.07) is 16.6. The molecule has 0 aliphatic rings. The predicted octanol–water partition coefficient (Wildman–Crippen LogP) is 2.85. The van der Waals surface area contributed by atoms with E-state index in [1.54, 1.807) is 0 Å².